The van der Waals surface area contributed by atoms with Gasteiger partial charge in [-0.05, 0) is 31.3 Å². The van der Waals surface area contributed by atoms with Gasteiger partial charge in [0.15, 0.2) is 0 Å². The summed E-state index contributed by atoms with van der Waals surface area (Å²) in [7, 11) is 2.15. The first-order valence-corrected chi connectivity index (χ1v) is 7.11. The summed E-state index contributed by atoms with van der Waals surface area (Å²) in [5.74, 6) is 0.426. The molecule has 1 aromatic rings. The Bertz CT molecular complexity index is 378. The number of hydrogen-bond donors (Lipinski definition) is 0. The zero-order chi connectivity index (χ0) is 14.2. The second-order valence-electron chi connectivity index (χ2n) is 5.06. The number of hydrogen-bond acceptors (Lipinski definition) is 4. The van der Waals surface area contributed by atoms with E-state index < -0.39 is 0 Å². The summed E-state index contributed by atoms with van der Waals surface area (Å²) in [6.45, 7) is 7.26. The van der Waals surface area contributed by atoms with Crippen LogP contribution >= 0.6 is 0 Å². The summed E-state index contributed by atoms with van der Waals surface area (Å²) in [4.78, 5) is 4.76. The highest BCUT2D eigenvalue weighted by molar-refractivity contribution is 5.21. The van der Waals surface area contributed by atoms with Crippen molar-refractivity contribution in [1.82, 2.24) is 9.80 Å². The van der Waals surface area contributed by atoms with Crippen LogP contribution < -0.4 is 4.74 Å². The molecule has 0 aromatic heterocycles. The molecule has 1 aromatic carbocycles. The van der Waals surface area contributed by atoms with Gasteiger partial charge in [0.2, 0.25) is 0 Å². The lowest BCUT2D eigenvalue weighted by molar-refractivity contribution is 0.0658. The minimum absolute atomic E-state index is 0.249. The predicted octanol–water partition coefficient (Wildman–Crippen LogP) is 1.47. The van der Waals surface area contributed by atoms with E-state index in [1.165, 1.54) is 12.1 Å². The molecule has 0 saturated carbocycles. The van der Waals surface area contributed by atoms with E-state index in [2.05, 4.69) is 16.8 Å². The summed E-state index contributed by atoms with van der Waals surface area (Å²) in [6.07, 6.45) is 0. The van der Waals surface area contributed by atoms with Crippen molar-refractivity contribution in [3.05, 3.63) is 30.1 Å². The van der Waals surface area contributed by atoms with Crippen molar-refractivity contribution >= 4 is 0 Å². The van der Waals surface area contributed by atoms with E-state index in [0.717, 1.165) is 39.3 Å². The van der Waals surface area contributed by atoms with E-state index in [4.69, 9.17) is 9.47 Å². The maximum Gasteiger partial charge on any atom is 0.123 e. The Labute approximate surface area is 120 Å². The first kappa shape index (κ1) is 15.2. The Morgan fingerprint density at radius 2 is 1.70 bits per heavy atom. The molecule has 0 bridgehead atoms. The number of halogens is 1. The SMILES string of the molecule is CN1CCN(CCOCCOc2ccc(F)cc2)CC1. The van der Waals surface area contributed by atoms with Gasteiger partial charge in [0.1, 0.15) is 18.2 Å². The number of nitrogens with zero attached hydrogens (tertiary/aromatic N) is 2. The molecule has 20 heavy (non-hydrogen) atoms. The Morgan fingerprint density at radius 1 is 1.00 bits per heavy atom. The molecule has 5 heteroatoms. The third kappa shape index (κ3) is 5.45. The van der Waals surface area contributed by atoms with Gasteiger partial charge in [0, 0.05) is 32.7 Å². The predicted molar refractivity (Wildman–Crippen MR) is 76.7 cm³/mol. The molecule has 0 radical (unpaired) electrons. The fourth-order valence-corrected chi connectivity index (χ4v) is 2.12. The largest absolute Gasteiger partial charge is 0.491 e. The van der Waals surface area contributed by atoms with Gasteiger partial charge in [-0.3, -0.25) is 4.90 Å². The third-order valence-electron chi connectivity index (χ3n) is 3.46. The van der Waals surface area contributed by atoms with E-state index in [-0.39, 0.29) is 5.82 Å². The van der Waals surface area contributed by atoms with Crippen LogP contribution in [0.15, 0.2) is 24.3 Å². The van der Waals surface area contributed by atoms with Gasteiger partial charge in [-0.1, -0.05) is 0 Å². The lowest BCUT2D eigenvalue weighted by atomic mass is 10.3. The summed E-state index contributed by atoms with van der Waals surface area (Å²) < 4.78 is 23.7. The van der Waals surface area contributed by atoms with Gasteiger partial charge < -0.3 is 14.4 Å². The number of likely N-dealkylation sites (N-methyl/N-ethyl adjacent to an activating group) is 1. The molecule has 1 aliphatic rings. The molecule has 1 fully saturated rings. The molecule has 0 atom stereocenters. The summed E-state index contributed by atoms with van der Waals surface area (Å²) in [6, 6.07) is 6.03. The van der Waals surface area contributed by atoms with E-state index >= 15 is 0 Å². The molecule has 0 N–H and O–H groups in total. The molecule has 4 nitrogen and oxygen atoms in total. The number of benzene rings is 1. The smallest absolute Gasteiger partial charge is 0.123 e. The fraction of sp³-hybridized carbons (Fsp3) is 0.600. The quantitative estimate of drug-likeness (QED) is 0.707. The van der Waals surface area contributed by atoms with Crippen LogP contribution in [0.2, 0.25) is 0 Å². The highest BCUT2D eigenvalue weighted by Crippen LogP contribution is 2.10. The monoisotopic (exact) mass is 282 g/mol. The second-order valence-corrected chi connectivity index (χ2v) is 5.06. The number of piperazine rings is 1. The first-order chi connectivity index (χ1) is 9.74. The van der Waals surface area contributed by atoms with Gasteiger partial charge >= 0.3 is 0 Å². The summed E-state index contributed by atoms with van der Waals surface area (Å²) in [5.41, 5.74) is 0. The maximum atomic E-state index is 12.7. The standard InChI is InChI=1S/C15H23FN2O2/c1-17-6-8-18(9-7-17)10-11-19-12-13-20-15-4-2-14(16)3-5-15/h2-5H,6-13H2,1H3. The van der Waals surface area contributed by atoms with Crippen molar-refractivity contribution in [2.45, 2.75) is 0 Å². The Morgan fingerprint density at radius 3 is 2.40 bits per heavy atom. The van der Waals surface area contributed by atoms with Crippen LogP contribution in [0.3, 0.4) is 0 Å². The Hall–Kier alpha value is -1.17. The van der Waals surface area contributed by atoms with E-state index in [9.17, 15) is 4.39 Å². The molecule has 0 aliphatic carbocycles. The van der Waals surface area contributed by atoms with Gasteiger partial charge in [0.25, 0.3) is 0 Å². The summed E-state index contributed by atoms with van der Waals surface area (Å²) in [5, 5.41) is 0. The molecule has 112 valence electrons. The summed E-state index contributed by atoms with van der Waals surface area (Å²) >= 11 is 0. The van der Waals surface area contributed by atoms with Crippen molar-refractivity contribution in [2.24, 2.45) is 0 Å². The first-order valence-electron chi connectivity index (χ1n) is 7.11. The third-order valence-corrected chi connectivity index (χ3v) is 3.46. The molecule has 0 unspecified atom stereocenters. The van der Waals surface area contributed by atoms with Crippen molar-refractivity contribution in [3.8, 4) is 5.75 Å². The number of rotatable bonds is 7. The molecule has 1 aliphatic heterocycles. The van der Waals surface area contributed by atoms with Crippen molar-refractivity contribution < 1.29 is 13.9 Å². The molecule has 0 spiro atoms. The lowest BCUT2D eigenvalue weighted by Crippen LogP contribution is -2.45. The molecule has 1 heterocycles. The Balaban J connectivity index is 1.48. The molecule has 2 rings (SSSR count). The van der Waals surface area contributed by atoms with Gasteiger partial charge in [-0.15, -0.1) is 0 Å². The van der Waals surface area contributed by atoms with Gasteiger partial charge in [-0.25, -0.2) is 4.39 Å². The average Bonchev–Trinajstić information content (AvgIpc) is 2.46. The van der Waals surface area contributed by atoms with E-state index in [0.29, 0.717) is 19.0 Å². The van der Waals surface area contributed by atoms with Crippen LogP contribution in [0, 0.1) is 5.82 Å². The number of ether oxygens (including phenoxy) is 2. The van der Waals surface area contributed by atoms with Crippen LogP contribution in [0.4, 0.5) is 4.39 Å². The highest BCUT2D eigenvalue weighted by atomic mass is 19.1. The fourth-order valence-electron chi connectivity index (χ4n) is 2.12. The normalized spacial score (nSPS) is 17.3. The minimum atomic E-state index is -0.249. The van der Waals surface area contributed by atoms with Crippen LogP contribution in [0.1, 0.15) is 0 Å². The van der Waals surface area contributed by atoms with Crippen LogP contribution in [-0.2, 0) is 4.74 Å². The van der Waals surface area contributed by atoms with Crippen molar-refractivity contribution in [3.63, 3.8) is 0 Å². The van der Waals surface area contributed by atoms with Crippen molar-refractivity contribution in [2.75, 3.05) is 59.6 Å². The van der Waals surface area contributed by atoms with Gasteiger partial charge in [-0.2, -0.15) is 0 Å². The van der Waals surface area contributed by atoms with E-state index in [1.807, 2.05) is 0 Å². The second kappa shape index (κ2) is 8.19. The van der Waals surface area contributed by atoms with E-state index in [1.54, 1.807) is 12.1 Å². The molecule has 0 amide bonds. The molecule has 1 saturated heterocycles. The van der Waals surface area contributed by atoms with Crippen LogP contribution in [0.25, 0.3) is 0 Å². The highest BCUT2D eigenvalue weighted by Gasteiger charge is 2.12. The zero-order valence-corrected chi connectivity index (χ0v) is 12.1. The topological polar surface area (TPSA) is 24.9 Å². The molecular formula is C15H23FN2O2. The molecular weight excluding hydrogens is 259 g/mol. The van der Waals surface area contributed by atoms with Gasteiger partial charge in [0.05, 0.1) is 13.2 Å². The zero-order valence-electron chi connectivity index (χ0n) is 12.1. The van der Waals surface area contributed by atoms with Crippen LogP contribution in [-0.4, -0.2) is 69.4 Å². The maximum absolute atomic E-state index is 12.7. The minimum Gasteiger partial charge on any atom is -0.491 e. The van der Waals surface area contributed by atoms with Crippen LogP contribution in [0.5, 0.6) is 5.75 Å². The average molecular weight is 282 g/mol. The lowest BCUT2D eigenvalue weighted by Gasteiger charge is -2.32. The van der Waals surface area contributed by atoms with Crippen molar-refractivity contribution in [1.29, 1.82) is 0 Å². The Kier molecular flexibility index (Phi) is 6.24.